The first kappa shape index (κ1) is 20.7. The molecule has 0 bridgehead atoms. The zero-order valence-electron chi connectivity index (χ0n) is 18.5. The Labute approximate surface area is 176 Å². The molecule has 0 saturated carbocycles. The smallest absolute Gasteiger partial charge is 0.253 e. The summed E-state index contributed by atoms with van der Waals surface area (Å²) in [5, 5.41) is 13.7. The van der Waals surface area contributed by atoms with E-state index in [1.165, 1.54) is 0 Å². The number of hydrogen-bond donors (Lipinski definition) is 1. The van der Waals surface area contributed by atoms with Crippen molar-refractivity contribution in [2.75, 3.05) is 32.7 Å². The third-order valence-electron chi connectivity index (χ3n) is 5.92. The van der Waals surface area contributed by atoms with E-state index in [1.807, 2.05) is 22.9 Å². The number of aromatic nitrogens is 5. The van der Waals surface area contributed by atoms with Crippen molar-refractivity contribution in [2.45, 2.75) is 46.2 Å². The molecule has 0 unspecified atom stereocenters. The predicted molar refractivity (Wildman–Crippen MR) is 118 cm³/mol. The van der Waals surface area contributed by atoms with Crippen molar-refractivity contribution < 1.29 is 0 Å². The van der Waals surface area contributed by atoms with Crippen molar-refractivity contribution in [1.29, 1.82) is 0 Å². The number of H-pyrrole nitrogens is 1. The number of tetrazole rings is 1. The van der Waals surface area contributed by atoms with Crippen molar-refractivity contribution in [1.82, 2.24) is 35.0 Å². The first-order valence-corrected chi connectivity index (χ1v) is 10.7. The Morgan fingerprint density at radius 1 is 1.13 bits per heavy atom. The van der Waals surface area contributed by atoms with Crippen LogP contribution in [0.25, 0.3) is 10.9 Å². The maximum atomic E-state index is 13.2. The Hall–Kier alpha value is -2.58. The van der Waals surface area contributed by atoms with E-state index in [-0.39, 0.29) is 17.1 Å². The van der Waals surface area contributed by atoms with Gasteiger partial charge in [0.25, 0.3) is 5.56 Å². The first-order valence-electron chi connectivity index (χ1n) is 10.7. The Morgan fingerprint density at radius 3 is 2.53 bits per heavy atom. The zero-order valence-corrected chi connectivity index (χ0v) is 18.5. The van der Waals surface area contributed by atoms with Gasteiger partial charge < -0.3 is 9.88 Å². The third-order valence-corrected chi connectivity index (χ3v) is 5.92. The molecule has 160 valence electrons. The maximum Gasteiger partial charge on any atom is 0.253 e. The van der Waals surface area contributed by atoms with Gasteiger partial charge in [-0.05, 0) is 68.3 Å². The van der Waals surface area contributed by atoms with Crippen LogP contribution in [0.4, 0.5) is 0 Å². The Morgan fingerprint density at radius 2 is 1.87 bits per heavy atom. The van der Waals surface area contributed by atoms with Gasteiger partial charge in [-0.25, -0.2) is 4.68 Å². The molecule has 1 fully saturated rings. The number of aryl methyl sites for hydroxylation is 1. The van der Waals surface area contributed by atoms with Crippen molar-refractivity contribution in [2.24, 2.45) is 0 Å². The van der Waals surface area contributed by atoms with Crippen molar-refractivity contribution >= 4 is 10.9 Å². The topological polar surface area (TPSA) is 82.9 Å². The monoisotopic (exact) mass is 409 g/mol. The summed E-state index contributed by atoms with van der Waals surface area (Å²) in [5.74, 6) is 0.713. The van der Waals surface area contributed by atoms with Crippen LogP contribution in [-0.4, -0.2) is 67.7 Å². The number of nitrogens with zero attached hydrogens (tertiary/aromatic N) is 6. The fourth-order valence-electron chi connectivity index (χ4n) is 4.23. The van der Waals surface area contributed by atoms with Gasteiger partial charge in [0.15, 0.2) is 5.82 Å². The second kappa shape index (κ2) is 7.92. The molecule has 1 atom stereocenters. The number of likely N-dealkylation sites (N-methyl/N-ethyl adjacent to an activating group) is 1. The highest BCUT2D eigenvalue weighted by molar-refractivity contribution is 5.79. The Kier molecular flexibility index (Phi) is 5.46. The van der Waals surface area contributed by atoms with Crippen LogP contribution in [0.1, 0.15) is 50.7 Å². The van der Waals surface area contributed by atoms with Gasteiger partial charge in [-0.15, -0.1) is 5.10 Å². The number of hydrogen-bond acceptors (Lipinski definition) is 6. The summed E-state index contributed by atoms with van der Waals surface area (Å²) in [7, 11) is 0. The van der Waals surface area contributed by atoms with Crippen LogP contribution in [0, 0.1) is 6.92 Å². The SMILES string of the molecule is CCN1CCN([C@@H](c2cc3cc(C)ccc3[nH]c2=O)c2nnnn2C(C)(C)C)CC1. The number of nitrogens with one attached hydrogen (secondary N) is 1. The molecule has 1 aliphatic rings. The maximum absolute atomic E-state index is 13.2. The van der Waals surface area contributed by atoms with Crippen LogP contribution < -0.4 is 5.56 Å². The molecule has 1 saturated heterocycles. The van der Waals surface area contributed by atoms with Crippen LogP contribution in [0.3, 0.4) is 0 Å². The highest BCUT2D eigenvalue weighted by Gasteiger charge is 2.34. The number of fused-ring (bicyclic) bond motifs is 1. The molecule has 0 spiro atoms. The van der Waals surface area contributed by atoms with Crippen molar-refractivity contribution in [3.05, 3.63) is 51.6 Å². The molecule has 4 rings (SSSR count). The van der Waals surface area contributed by atoms with Gasteiger partial charge in [0, 0.05) is 37.3 Å². The lowest BCUT2D eigenvalue weighted by atomic mass is 10.0. The van der Waals surface area contributed by atoms with E-state index < -0.39 is 0 Å². The molecular weight excluding hydrogens is 378 g/mol. The van der Waals surface area contributed by atoms with Crippen molar-refractivity contribution in [3.8, 4) is 0 Å². The summed E-state index contributed by atoms with van der Waals surface area (Å²) in [6.07, 6.45) is 0. The summed E-state index contributed by atoms with van der Waals surface area (Å²) in [6, 6.07) is 7.80. The summed E-state index contributed by atoms with van der Waals surface area (Å²) >= 11 is 0. The average Bonchev–Trinajstić information content (AvgIpc) is 3.19. The molecule has 3 heterocycles. The molecule has 1 aliphatic heterocycles. The van der Waals surface area contributed by atoms with Gasteiger partial charge in [0.05, 0.1) is 5.54 Å². The van der Waals surface area contributed by atoms with Crippen LogP contribution in [0.15, 0.2) is 29.1 Å². The normalized spacial score (nSPS) is 17.5. The fourth-order valence-corrected chi connectivity index (χ4v) is 4.23. The van der Waals surface area contributed by atoms with E-state index in [0.717, 1.165) is 49.2 Å². The fraction of sp³-hybridized carbons (Fsp3) is 0.545. The Bertz CT molecular complexity index is 1090. The average molecular weight is 410 g/mol. The molecular formula is C22H31N7O. The summed E-state index contributed by atoms with van der Waals surface area (Å²) in [5.41, 5.74) is 2.33. The minimum Gasteiger partial charge on any atom is -0.322 e. The predicted octanol–water partition coefficient (Wildman–Crippen LogP) is 2.30. The Balaban J connectivity index is 1.86. The van der Waals surface area contributed by atoms with Crippen LogP contribution in [0.5, 0.6) is 0 Å². The second-order valence-corrected chi connectivity index (χ2v) is 9.14. The number of pyridine rings is 1. The molecule has 3 aromatic rings. The third kappa shape index (κ3) is 3.89. The van der Waals surface area contributed by atoms with E-state index in [1.54, 1.807) is 0 Å². The van der Waals surface area contributed by atoms with Gasteiger partial charge in [0.2, 0.25) is 0 Å². The molecule has 1 N–H and O–H groups in total. The minimum absolute atomic E-state index is 0.0854. The van der Waals surface area contributed by atoms with E-state index in [4.69, 9.17) is 0 Å². The largest absolute Gasteiger partial charge is 0.322 e. The lowest BCUT2D eigenvalue weighted by molar-refractivity contribution is 0.105. The van der Waals surface area contributed by atoms with Gasteiger partial charge in [-0.3, -0.25) is 9.69 Å². The number of rotatable bonds is 4. The molecule has 8 nitrogen and oxygen atoms in total. The number of benzene rings is 1. The highest BCUT2D eigenvalue weighted by Crippen LogP contribution is 2.30. The van der Waals surface area contributed by atoms with Crippen molar-refractivity contribution in [3.63, 3.8) is 0 Å². The zero-order chi connectivity index (χ0) is 21.5. The van der Waals surface area contributed by atoms with Gasteiger partial charge in [-0.2, -0.15) is 0 Å². The van der Waals surface area contributed by atoms with E-state index in [9.17, 15) is 4.79 Å². The number of piperazine rings is 1. The molecule has 0 amide bonds. The highest BCUT2D eigenvalue weighted by atomic mass is 16.1. The molecule has 8 heteroatoms. The molecule has 30 heavy (non-hydrogen) atoms. The lowest BCUT2D eigenvalue weighted by Gasteiger charge is -2.39. The summed E-state index contributed by atoms with van der Waals surface area (Å²) in [6.45, 7) is 15.2. The van der Waals surface area contributed by atoms with Crippen LogP contribution in [0.2, 0.25) is 0 Å². The molecule has 1 aromatic carbocycles. The second-order valence-electron chi connectivity index (χ2n) is 9.14. The van der Waals surface area contributed by atoms with Crippen LogP contribution in [-0.2, 0) is 5.54 Å². The molecule has 2 aromatic heterocycles. The number of aromatic amines is 1. The quantitative estimate of drug-likeness (QED) is 0.712. The van der Waals surface area contributed by atoms with Gasteiger partial charge >= 0.3 is 0 Å². The molecule has 0 aliphatic carbocycles. The minimum atomic E-state index is -0.299. The van der Waals surface area contributed by atoms with Gasteiger partial charge in [0.1, 0.15) is 6.04 Å². The lowest BCUT2D eigenvalue weighted by Crippen LogP contribution is -2.49. The van der Waals surface area contributed by atoms with E-state index in [2.05, 4.69) is 71.0 Å². The van der Waals surface area contributed by atoms with E-state index >= 15 is 0 Å². The first-order chi connectivity index (χ1) is 14.3. The summed E-state index contributed by atoms with van der Waals surface area (Å²) in [4.78, 5) is 21.0. The van der Waals surface area contributed by atoms with E-state index in [0.29, 0.717) is 11.4 Å². The van der Waals surface area contributed by atoms with Crippen LogP contribution >= 0.6 is 0 Å². The molecule has 0 radical (unpaired) electrons. The van der Waals surface area contributed by atoms with Gasteiger partial charge in [-0.1, -0.05) is 18.6 Å². The standard InChI is InChI=1S/C22H31N7O/c1-6-27-9-11-28(12-10-27)19(20-24-25-26-29(20)22(3,4)5)17-14-16-13-15(2)7-8-18(16)23-21(17)30/h7-8,13-14,19H,6,9-12H2,1-5H3,(H,23,30)/t19-/m0/s1. The summed E-state index contributed by atoms with van der Waals surface area (Å²) < 4.78 is 1.85.